The molecule has 112 valence electrons. The van der Waals surface area contributed by atoms with Gasteiger partial charge in [0, 0.05) is 12.6 Å². The van der Waals surface area contributed by atoms with Gasteiger partial charge < -0.3 is 10.1 Å². The molecule has 0 unspecified atom stereocenters. The van der Waals surface area contributed by atoms with Crippen molar-refractivity contribution in [3.05, 3.63) is 58.1 Å². The number of halogens is 1. The van der Waals surface area contributed by atoms with Gasteiger partial charge >= 0.3 is 0 Å². The van der Waals surface area contributed by atoms with Crippen LogP contribution in [0, 0.1) is 13.8 Å². The number of nitrogens with one attached hydrogen (secondary N) is 1. The SMILES string of the molecule is Cc1ccc(Cl)c(Oc2cc(CNC(C)C)ccc2C)c1. The summed E-state index contributed by atoms with van der Waals surface area (Å²) < 4.78 is 6.01. The van der Waals surface area contributed by atoms with Crippen LogP contribution in [0.3, 0.4) is 0 Å². The Morgan fingerprint density at radius 1 is 1.05 bits per heavy atom. The van der Waals surface area contributed by atoms with Crippen molar-refractivity contribution in [1.29, 1.82) is 0 Å². The standard InChI is InChI=1S/C18H22ClNO/c1-12(2)20-11-15-7-6-14(4)17(10-15)21-18-9-13(3)5-8-16(18)19/h5-10,12,20H,11H2,1-4H3. The normalized spacial score (nSPS) is 11.0. The van der Waals surface area contributed by atoms with Crippen LogP contribution < -0.4 is 10.1 Å². The molecule has 0 amide bonds. The van der Waals surface area contributed by atoms with Crippen LogP contribution in [0.2, 0.25) is 5.02 Å². The van der Waals surface area contributed by atoms with E-state index in [-0.39, 0.29) is 0 Å². The van der Waals surface area contributed by atoms with Crippen molar-refractivity contribution in [2.45, 2.75) is 40.3 Å². The van der Waals surface area contributed by atoms with E-state index in [1.165, 1.54) is 5.56 Å². The van der Waals surface area contributed by atoms with Gasteiger partial charge in [0.2, 0.25) is 0 Å². The highest BCUT2D eigenvalue weighted by Crippen LogP contribution is 2.32. The predicted molar refractivity (Wildman–Crippen MR) is 89.4 cm³/mol. The fourth-order valence-corrected chi connectivity index (χ4v) is 2.15. The number of rotatable bonds is 5. The highest BCUT2D eigenvalue weighted by atomic mass is 35.5. The molecule has 0 saturated carbocycles. The number of ether oxygens (including phenoxy) is 1. The van der Waals surface area contributed by atoms with Gasteiger partial charge in [-0.15, -0.1) is 0 Å². The van der Waals surface area contributed by atoms with Gasteiger partial charge in [-0.05, 0) is 48.7 Å². The zero-order chi connectivity index (χ0) is 15.4. The molecule has 0 aliphatic carbocycles. The number of aryl methyl sites for hydroxylation is 2. The monoisotopic (exact) mass is 303 g/mol. The maximum absolute atomic E-state index is 6.20. The first-order valence-electron chi connectivity index (χ1n) is 7.22. The van der Waals surface area contributed by atoms with Crippen molar-refractivity contribution < 1.29 is 4.74 Å². The minimum atomic E-state index is 0.460. The van der Waals surface area contributed by atoms with E-state index in [9.17, 15) is 0 Å². The zero-order valence-corrected chi connectivity index (χ0v) is 13.8. The van der Waals surface area contributed by atoms with E-state index in [2.05, 4.69) is 37.4 Å². The van der Waals surface area contributed by atoms with Crippen LogP contribution in [0.25, 0.3) is 0 Å². The van der Waals surface area contributed by atoms with Crippen LogP contribution in [0.4, 0.5) is 0 Å². The van der Waals surface area contributed by atoms with E-state index in [1.807, 2.05) is 32.0 Å². The maximum atomic E-state index is 6.20. The quantitative estimate of drug-likeness (QED) is 0.815. The molecule has 21 heavy (non-hydrogen) atoms. The Morgan fingerprint density at radius 3 is 2.52 bits per heavy atom. The molecule has 0 aliphatic heterocycles. The third kappa shape index (κ3) is 4.48. The summed E-state index contributed by atoms with van der Waals surface area (Å²) in [6.07, 6.45) is 0. The molecule has 2 rings (SSSR count). The summed E-state index contributed by atoms with van der Waals surface area (Å²) in [6, 6.07) is 12.5. The molecule has 0 saturated heterocycles. The van der Waals surface area contributed by atoms with Crippen molar-refractivity contribution in [1.82, 2.24) is 5.32 Å². The Labute approximate surface area is 132 Å². The number of hydrogen-bond donors (Lipinski definition) is 1. The van der Waals surface area contributed by atoms with E-state index in [0.717, 1.165) is 23.4 Å². The van der Waals surface area contributed by atoms with Crippen LogP contribution in [0.1, 0.15) is 30.5 Å². The predicted octanol–water partition coefficient (Wildman–Crippen LogP) is 5.25. The van der Waals surface area contributed by atoms with Gasteiger partial charge in [0.1, 0.15) is 11.5 Å². The molecule has 1 N–H and O–H groups in total. The summed E-state index contributed by atoms with van der Waals surface area (Å²) in [4.78, 5) is 0. The summed E-state index contributed by atoms with van der Waals surface area (Å²) in [6.45, 7) is 9.17. The van der Waals surface area contributed by atoms with E-state index < -0.39 is 0 Å². The fourth-order valence-electron chi connectivity index (χ4n) is 1.99. The Bertz CT molecular complexity index is 623. The first-order chi connectivity index (χ1) is 9.95. The van der Waals surface area contributed by atoms with Gasteiger partial charge in [-0.1, -0.05) is 43.6 Å². The van der Waals surface area contributed by atoms with Gasteiger partial charge in [-0.2, -0.15) is 0 Å². The Kier molecular flexibility index (Phi) is 5.27. The Morgan fingerprint density at radius 2 is 1.81 bits per heavy atom. The average Bonchev–Trinajstić information content (AvgIpc) is 2.43. The van der Waals surface area contributed by atoms with E-state index in [1.54, 1.807) is 0 Å². The van der Waals surface area contributed by atoms with Gasteiger partial charge in [0.25, 0.3) is 0 Å². The molecular formula is C18H22ClNO. The molecule has 0 bridgehead atoms. The third-order valence-corrected chi connectivity index (χ3v) is 3.59. The second-order valence-electron chi connectivity index (χ2n) is 5.67. The molecule has 0 heterocycles. The second kappa shape index (κ2) is 6.97. The number of hydrogen-bond acceptors (Lipinski definition) is 2. The van der Waals surface area contributed by atoms with Crippen molar-refractivity contribution in [2.24, 2.45) is 0 Å². The summed E-state index contributed by atoms with van der Waals surface area (Å²) in [5, 5.41) is 4.04. The lowest BCUT2D eigenvalue weighted by atomic mass is 10.1. The smallest absolute Gasteiger partial charge is 0.146 e. The molecule has 2 nitrogen and oxygen atoms in total. The summed E-state index contributed by atoms with van der Waals surface area (Å²) in [7, 11) is 0. The third-order valence-electron chi connectivity index (χ3n) is 3.27. The molecule has 0 fully saturated rings. The zero-order valence-electron chi connectivity index (χ0n) is 13.0. The maximum Gasteiger partial charge on any atom is 0.146 e. The van der Waals surface area contributed by atoms with Crippen molar-refractivity contribution in [3.8, 4) is 11.5 Å². The second-order valence-corrected chi connectivity index (χ2v) is 6.08. The van der Waals surface area contributed by atoms with Gasteiger partial charge in [0.05, 0.1) is 5.02 Å². The van der Waals surface area contributed by atoms with Gasteiger partial charge in [-0.3, -0.25) is 0 Å². The lowest BCUT2D eigenvalue weighted by Crippen LogP contribution is -2.21. The minimum Gasteiger partial charge on any atom is -0.456 e. The lowest BCUT2D eigenvalue weighted by Gasteiger charge is -2.13. The van der Waals surface area contributed by atoms with Crippen molar-refractivity contribution in [3.63, 3.8) is 0 Å². The number of benzene rings is 2. The van der Waals surface area contributed by atoms with Crippen LogP contribution in [-0.4, -0.2) is 6.04 Å². The van der Waals surface area contributed by atoms with E-state index in [4.69, 9.17) is 16.3 Å². The van der Waals surface area contributed by atoms with Crippen LogP contribution in [0.15, 0.2) is 36.4 Å². The highest BCUT2D eigenvalue weighted by molar-refractivity contribution is 6.32. The van der Waals surface area contributed by atoms with Crippen LogP contribution in [-0.2, 0) is 6.54 Å². The van der Waals surface area contributed by atoms with Crippen molar-refractivity contribution in [2.75, 3.05) is 0 Å². The molecule has 0 radical (unpaired) electrons. The first kappa shape index (κ1) is 15.9. The fraction of sp³-hybridized carbons (Fsp3) is 0.333. The average molecular weight is 304 g/mol. The van der Waals surface area contributed by atoms with Crippen LogP contribution >= 0.6 is 11.6 Å². The summed E-state index contributed by atoms with van der Waals surface area (Å²) >= 11 is 6.20. The minimum absolute atomic E-state index is 0.460. The molecule has 0 atom stereocenters. The molecule has 2 aromatic rings. The molecule has 0 spiro atoms. The first-order valence-corrected chi connectivity index (χ1v) is 7.60. The largest absolute Gasteiger partial charge is 0.456 e. The lowest BCUT2D eigenvalue weighted by molar-refractivity contribution is 0.477. The highest BCUT2D eigenvalue weighted by Gasteiger charge is 2.07. The molecular weight excluding hydrogens is 282 g/mol. The molecule has 3 heteroatoms. The Hall–Kier alpha value is -1.51. The van der Waals surface area contributed by atoms with Gasteiger partial charge in [0.15, 0.2) is 0 Å². The van der Waals surface area contributed by atoms with E-state index in [0.29, 0.717) is 16.8 Å². The topological polar surface area (TPSA) is 21.3 Å². The Balaban J connectivity index is 2.22. The van der Waals surface area contributed by atoms with Gasteiger partial charge in [-0.25, -0.2) is 0 Å². The molecule has 0 aromatic heterocycles. The van der Waals surface area contributed by atoms with Crippen LogP contribution in [0.5, 0.6) is 11.5 Å². The van der Waals surface area contributed by atoms with E-state index >= 15 is 0 Å². The molecule has 2 aromatic carbocycles. The molecule has 0 aliphatic rings. The summed E-state index contributed by atoms with van der Waals surface area (Å²) in [5.74, 6) is 1.55. The summed E-state index contributed by atoms with van der Waals surface area (Å²) in [5.41, 5.74) is 3.43. The van der Waals surface area contributed by atoms with Crippen molar-refractivity contribution >= 4 is 11.6 Å².